The number of carboxylic acids is 2. The molecule has 120 heavy (non-hydrogen) atoms. The van der Waals surface area contributed by atoms with Crippen LogP contribution in [-0.2, 0) is 89.6 Å². The minimum absolute atomic E-state index is 0.0245. The highest BCUT2D eigenvalue weighted by Gasteiger charge is 2.45. The zero-order valence-electron chi connectivity index (χ0n) is 67.7. The van der Waals surface area contributed by atoms with E-state index in [1.165, 1.54) is 44.2 Å². The molecule has 3 aromatic rings. The van der Waals surface area contributed by atoms with E-state index in [1.54, 1.807) is 84.0 Å². The van der Waals surface area contributed by atoms with E-state index in [0.29, 0.717) is 11.1 Å². The first-order valence-electron chi connectivity index (χ1n) is 37.8. The average Bonchev–Trinajstić information content (AvgIpc) is 0.808. The molecule has 2 unspecified atom stereocenters. The Morgan fingerprint density at radius 2 is 1.09 bits per heavy atom. The van der Waals surface area contributed by atoms with Gasteiger partial charge in [-0.15, -0.1) is 0 Å². The summed E-state index contributed by atoms with van der Waals surface area (Å²) in [5.74, 6) is -23.3. The normalized spacial score (nSPS) is 21.3. The van der Waals surface area contributed by atoms with E-state index in [-0.39, 0.29) is 69.1 Å². The maximum atomic E-state index is 15.7. The highest BCUT2D eigenvalue weighted by Crippen LogP contribution is 2.26. The number of ether oxygens (including phenoxy) is 2. The number of cyclic esters (lactones) is 1. The molecular formula is C76H109F6N15O23. The van der Waals surface area contributed by atoms with E-state index < -0.39 is 223 Å². The second-order valence-electron chi connectivity index (χ2n) is 29.3. The van der Waals surface area contributed by atoms with E-state index in [0.717, 1.165) is 12.5 Å². The fourth-order valence-corrected chi connectivity index (χ4v) is 11.0. The number of hydrogen-bond donors (Lipinski definition) is 20. The van der Waals surface area contributed by atoms with E-state index in [1.807, 2.05) is 36.6 Å². The van der Waals surface area contributed by atoms with Gasteiger partial charge in [-0.05, 0) is 84.5 Å². The summed E-state index contributed by atoms with van der Waals surface area (Å²) in [5.41, 5.74) is 18.6. The Morgan fingerprint density at radius 1 is 0.583 bits per heavy atom. The van der Waals surface area contributed by atoms with Gasteiger partial charge in [0.05, 0.1) is 25.4 Å². The topological polar surface area (TPSA) is 619 Å². The maximum absolute atomic E-state index is 15.7. The Morgan fingerprint density at radius 3 is 1.58 bits per heavy atom. The number of halogens is 6. The number of nitrogens with two attached hydrogens (primary N) is 3. The highest BCUT2D eigenvalue weighted by atomic mass is 19.4. The van der Waals surface area contributed by atoms with E-state index in [9.17, 15) is 94.7 Å². The number of carboxylic acid groups (broad SMARTS) is 2. The molecule has 15 atom stereocenters. The van der Waals surface area contributed by atoms with Crippen LogP contribution in [0.2, 0.25) is 0 Å². The number of aliphatic hydroxyl groups excluding tert-OH is 4. The summed E-state index contributed by atoms with van der Waals surface area (Å²) in [6.07, 6.45) is -20.0. The molecule has 1 aliphatic heterocycles. The number of hydrogen-bond acceptors (Lipinski definition) is 22. The molecule has 38 nitrogen and oxygen atoms in total. The zero-order valence-corrected chi connectivity index (χ0v) is 67.7. The third kappa shape index (κ3) is 36.6. The number of guanidine groups is 1. The van der Waals surface area contributed by atoms with Crippen molar-refractivity contribution in [2.24, 2.45) is 45.9 Å². The number of nitrogens with zero attached hydrogens (tertiary/aromatic N) is 1. The molecular weight excluding hydrogens is 1600 g/mol. The Labute approximate surface area is 686 Å². The lowest BCUT2D eigenvalue weighted by Gasteiger charge is -2.34. The number of aliphatic imine (C=N–C) groups is 1. The van der Waals surface area contributed by atoms with Crippen molar-refractivity contribution < 1.29 is 138 Å². The van der Waals surface area contributed by atoms with Crippen LogP contribution >= 0.6 is 0 Å². The van der Waals surface area contributed by atoms with Crippen LogP contribution in [-0.4, -0.2) is 236 Å². The number of alkyl halides is 6. The SMILES string of the molecule is CC[C@H](C)C1NC(=O)[C@@H](CCCN=C(N)N)NC(=O)[C@H](CC(C)C)NC(=O)[C@H]([C@H](O)C(C)C)NC(=O)[C@@H](NC(=O)[C@H](CC(C)C)NC(=O)[C@@H](Cc2ccc(C(C)C)cc2)NC(=O)OCc2ccccc2)[C@@H](c2ccccc2)OC(=O)[C@H](CO)NC(=O)[C@H]([C@H](O)C(N)=O)NC(=O)CNC(=O)C([C@H](C)O)NC1=O.O=C(O)C(F)(F)F.O=C(O)C(F)(F)F. The van der Waals surface area contributed by atoms with Crippen LogP contribution in [0.5, 0.6) is 0 Å². The van der Waals surface area contributed by atoms with E-state index in [2.05, 4.69) is 52.8 Å². The zero-order chi connectivity index (χ0) is 91.4. The lowest BCUT2D eigenvalue weighted by molar-refractivity contribution is -0.193. The first-order chi connectivity index (χ1) is 55.8. The Kier molecular flexibility index (Phi) is 43.6. The molecule has 0 bridgehead atoms. The van der Waals surface area contributed by atoms with Gasteiger partial charge in [-0.1, -0.05) is 161 Å². The van der Waals surface area contributed by atoms with Crippen molar-refractivity contribution in [2.75, 3.05) is 19.7 Å². The maximum Gasteiger partial charge on any atom is 0.490 e. The smallest absolute Gasteiger partial charge is 0.475 e. The predicted octanol–water partition coefficient (Wildman–Crippen LogP) is -0.880. The van der Waals surface area contributed by atoms with Crippen molar-refractivity contribution in [2.45, 2.75) is 224 Å². The van der Waals surface area contributed by atoms with Crippen molar-refractivity contribution in [3.8, 4) is 0 Å². The standard InChI is InChI=1S/C72H107N15O19.2C2HF3O2/c1-12-40(10)52-66(99)85-53(41(11)89)65(98)77-33-51(90)83-55(58(92)60(73)93)68(101)81-50(34-88)70(103)106-59(45-22-17-14-18-23-45)56(69(102)86-54(57(91)39(8)9)67(100)80-47(30-36(2)3)62(95)78-46(61(94)84-52)24-19-29-76-71(74)75)87-64(97)48(31-37(4)5)79-63(96)49(32-42-25-27-44(28-26-42)38(6)7)82-72(104)105-35-43-20-15-13-16-21-43;2*3-2(4,5)1(6)7/h13-18,20-23,25-28,36-41,46-50,52-59,88-89,91-92H,12,19,24,29-35H2,1-11H3,(H2,73,93)(H,77,98)(H,78,95)(H,79,96)(H,80,100)(H,81,101)(H,82,104)(H,83,90)(H,84,94)(H,85,99)(H,86,102)(H,87,97)(H4,74,75,76);2*(H,6,7)/t40-,41-,46+,47-,48-,49+,50-,52?,53?,54-,55-,56-,57+,58-,59+;;/m0../s1. The molecule has 1 heterocycles. The van der Waals surface area contributed by atoms with Crippen LogP contribution in [0.15, 0.2) is 89.9 Å². The molecule has 12 amide bonds. The first kappa shape index (κ1) is 104. The van der Waals surface area contributed by atoms with Crippen molar-refractivity contribution in [3.05, 3.63) is 107 Å². The summed E-state index contributed by atoms with van der Waals surface area (Å²) in [6.45, 7) is 15.3. The van der Waals surface area contributed by atoms with Gasteiger partial charge in [0.1, 0.15) is 61.0 Å². The van der Waals surface area contributed by atoms with E-state index in [4.69, 9.17) is 46.5 Å². The number of carbonyl (C=O) groups excluding carboxylic acids is 13. The van der Waals surface area contributed by atoms with Crippen LogP contribution in [0.4, 0.5) is 31.1 Å². The van der Waals surface area contributed by atoms with Gasteiger partial charge in [-0.3, -0.25) is 57.7 Å². The summed E-state index contributed by atoms with van der Waals surface area (Å²) in [4.78, 5) is 209. The number of primary amides is 1. The lowest BCUT2D eigenvalue weighted by Crippen LogP contribution is -2.64. The van der Waals surface area contributed by atoms with Crippen LogP contribution in [0.1, 0.15) is 143 Å². The third-order valence-corrected chi connectivity index (χ3v) is 17.8. The molecule has 1 saturated heterocycles. The second kappa shape index (κ2) is 50.2. The molecule has 1 fully saturated rings. The first-order valence-corrected chi connectivity index (χ1v) is 37.8. The molecule has 1 aliphatic rings. The van der Waals surface area contributed by atoms with Gasteiger partial charge in [0.2, 0.25) is 65.0 Å². The number of alkyl carbamates (subject to hydrolysis) is 1. The second-order valence-corrected chi connectivity index (χ2v) is 29.3. The number of aliphatic carboxylic acids is 2. The molecule has 0 aliphatic carbocycles. The van der Waals surface area contributed by atoms with Gasteiger partial charge >= 0.3 is 36.4 Å². The summed E-state index contributed by atoms with van der Waals surface area (Å²) in [5, 5.41) is 85.7. The predicted molar refractivity (Wildman–Crippen MR) is 414 cm³/mol. The summed E-state index contributed by atoms with van der Waals surface area (Å²) >= 11 is 0. The van der Waals surface area contributed by atoms with Gasteiger partial charge < -0.3 is 116 Å². The Hall–Kier alpha value is -11.8. The van der Waals surface area contributed by atoms with Gasteiger partial charge in [-0.25, -0.2) is 19.2 Å². The summed E-state index contributed by atoms with van der Waals surface area (Å²) in [7, 11) is 0. The number of carbonyl (C=O) groups is 15. The molecule has 0 saturated carbocycles. The molecule has 0 spiro atoms. The molecule has 4 rings (SSSR count). The van der Waals surface area contributed by atoms with Gasteiger partial charge in [0.15, 0.2) is 24.2 Å². The monoisotopic (exact) mass is 1710 g/mol. The minimum Gasteiger partial charge on any atom is -0.475 e. The van der Waals surface area contributed by atoms with Crippen LogP contribution in [0, 0.1) is 23.7 Å². The third-order valence-electron chi connectivity index (χ3n) is 17.8. The number of nitrogens with one attached hydrogen (secondary N) is 11. The Bertz CT molecular complexity index is 3930. The summed E-state index contributed by atoms with van der Waals surface area (Å²) in [6, 6.07) is 4.17. The van der Waals surface area contributed by atoms with Crippen LogP contribution in [0.3, 0.4) is 0 Å². The molecule has 0 radical (unpaired) electrons. The van der Waals surface area contributed by atoms with Crippen LogP contribution < -0.4 is 75.7 Å². The number of esters is 1. The highest BCUT2D eigenvalue weighted by molar-refractivity contribution is 6.00. The van der Waals surface area contributed by atoms with Crippen molar-refractivity contribution in [3.63, 3.8) is 0 Å². The fraction of sp³-hybridized carbons (Fsp3) is 0.553. The molecule has 3 aromatic carbocycles. The number of amides is 12. The molecule has 0 aromatic heterocycles. The van der Waals surface area contributed by atoms with Gasteiger partial charge in [0, 0.05) is 13.0 Å². The van der Waals surface area contributed by atoms with Crippen molar-refractivity contribution in [1.82, 2.24) is 58.5 Å². The van der Waals surface area contributed by atoms with Crippen LogP contribution in [0.25, 0.3) is 0 Å². The largest absolute Gasteiger partial charge is 0.490 e. The lowest BCUT2D eigenvalue weighted by atomic mass is 9.95. The number of rotatable bonds is 27. The fourth-order valence-electron chi connectivity index (χ4n) is 11.0. The molecule has 44 heteroatoms. The summed E-state index contributed by atoms with van der Waals surface area (Å²) < 4.78 is 75.0. The Balaban J connectivity index is 0.00000318. The molecule has 23 N–H and O–H groups in total. The number of aliphatic hydroxyl groups is 4. The average molecular weight is 1710 g/mol. The quantitative estimate of drug-likeness (QED) is 0.0145. The van der Waals surface area contributed by atoms with Gasteiger partial charge in [0.25, 0.3) is 0 Å². The van der Waals surface area contributed by atoms with Gasteiger partial charge in [-0.2, -0.15) is 26.3 Å². The van der Waals surface area contributed by atoms with E-state index >= 15 is 14.4 Å². The number of benzene rings is 3. The minimum atomic E-state index is -5.08. The van der Waals surface area contributed by atoms with Crippen molar-refractivity contribution in [1.29, 1.82) is 0 Å². The molecule has 668 valence electrons. The van der Waals surface area contributed by atoms with Crippen molar-refractivity contribution >= 4 is 94.9 Å².